The minimum Gasteiger partial charge on any atom is -0.295 e. The summed E-state index contributed by atoms with van der Waals surface area (Å²) >= 11 is 3.09. The Balaban J connectivity index is 3.20. The lowest BCUT2D eigenvalue weighted by Crippen LogP contribution is -1.91. The number of allylic oxidation sites excluding steroid dienone is 2. The molecule has 1 aromatic carbocycles. The predicted molar refractivity (Wildman–Crippen MR) is 58.4 cm³/mol. The summed E-state index contributed by atoms with van der Waals surface area (Å²) in [5.41, 5.74) is 1.09. The van der Waals surface area contributed by atoms with Gasteiger partial charge in [-0.15, -0.1) is 0 Å². The van der Waals surface area contributed by atoms with Gasteiger partial charge in [0.2, 0.25) is 0 Å². The van der Waals surface area contributed by atoms with E-state index in [4.69, 9.17) is 0 Å². The van der Waals surface area contributed by atoms with Gasteiger partial charge in [0.25, 0.3) is 0 Å². The number of halogens is 2. The summed E-state index contributed by atoms with van der Waals surface area (Å²) in [6.07, 6.45) is 1.42. The first-order chi connectivity index (χ1) is 6.52. The molecule has 0 bridgehead atoms. The van der Waals surface area contributed by atoms with Gasteiger partial charge in [0, 0.05) is 5.56 Å². The second-order valence-electron chi connectivity index (χ2n) is 3.04. The van der Waals surface area contributed by atoms with E-state index in [1.54, 1.807) is 25.1 Å². The van der Waals surface area contributed by atoms with Crippen LogP contribution in [-0.2, 0) is 4.79 Å². The molecule has 0 heterocycles. The van der Waals surface area contributed by atoms with E-state index in [0.29, 0.717) is 15.6 Å². The molecule has 0 amide bonds. The summed E-state index contributed by atoms with van der Waals surface area (Å²) in [5.74, 6) is -0.413. The van der Waals surface area contributed by atoms with Crippen LogP contribution in [0.3, 0.4) is 0 Å². The standard InChI is InChI=1S/C11H10BrFO/c1-7(6-8(2)14)9-4-3-5-10(12)11(9)13/h3-6H,1-2H3/b7-6+. The molecule has 0 aliphatic heterocycles. The first-order valence-corrected chi connectivity index (χ1v) is 4.95. The van der Waals surface area contributed by atoms with Gasteiger partial charge in [-0.3, -0.25) is 4.79 Å². The van der Waals surface area contributed by atoms with E-state index in [1.165, 1.54) is 13.0 Å². The molecule has 0 radical (unpaired) electrons. The van der Waals surface area contributed by atoms with Crippen molar-refractivity contribution in [3.8, 4) is 0 Å². The zero-order valence-electron chi connectivity index (χ0n) is 7.97. The van der Waals surface area contributed by atoms with Gasteiger partial charge in [-0.05, 0) is 47.5 Å². The zero-order chi connectivity index (χ0) is 10.7. The molecule has 0 atom stereocenters. The maximum absolute atomic E-state index is 13.5. The van der Waals surface area contributed by atoms with Crippen molar-refractivity contribution in [1.29, 1.82) is 0 Å². The molecular weight excluding hydrogens is 247 g/mol. The number of carbonyl (C=O) groups is 1. The van der Waals surface area contributed by atoms with Crippen LogP contribution < -0.4 is 0 Å². The lowest BCUT2D eigenvalue weighted by molar-refractivity contribution is -0.112. The van der Waals surface area contributed by atoms with Crippen LogP contribution in [0.15, 0.2) is 28.7 Å². The Morgan fingerprint density at radius 1 is 1.43 bits per heavy atom. The third-order valence-corrected chi connectivity index (χ3v) is 2.41. The Hall–Kier alpha value is -0.960. The number of carbonyl (C=O) groups excluding carboxylic acids is 1. The maximum atomic E-state index is 13.5. The van der Waals surface area contributed by atoms with Crippen LogP contribution in [0.25, 0.3) is 5.57 Å². The number of ketones is 1. The van der Waals surface area contributed by atoms with Crippen molar-refractivity contribution in [2.24, 2.45) is 0 Å². The van der Waals surface area contributed by atoms with E-state index in [1.807, 2.05) is 0 Å². The molecule has 0 aliphatic carbocycles. The lowest BCUT2D eigenvalue weighted by Gasteiger charge is -2.03. The minimum atomic E-state index is -0.331. The Bertz CT molecular complexity index is 396. The molecule has 0 aliphatic rings. The Morgan fingerprint density at radius 2 is 2.07 bits per heavy atom. The van der Waals surface area contributed by atoms with E-state index in [2.05, 4.69) is 15.9 Å². The molecule has 0 fully saturated rings. The highest BCUT2D eigenvalue weighted by Gasteiger charge is 2.07. The molecule has 0 spiro atoms. The molecule has 0 aromatic heterocycles. The first kappa shape index (κ1) is 11.1. The van der Waals surface area contributed by atoms with Crippen LogP contribution >= 0.6 is 15.9 Å². The molecule has 74 valence electrons. The number of benzene rings is 1. The Morgan fingerprint density at radius 3 is 2.64 bits per heavy atom. The average molecular weight is 257 g/mol. The second-order valence-corrected chi connectivity index (χ2v) is 3.89. The van der Waals surface area contributed by atoms with Gasteiger partial charge in [0.15, 0.2) is 5.78 Å². The normalized spacial score (nSPS) is 11.6. The smallest absolute Gasteiger partial charge is 0.152 e. The van der Waals surface area contributed by atoms with Crippen molar-refractivity contribution in [3.05, 3.63) is 40.1 Å². The van der Waals surface area contributed by atoms with E-state index >= 15 is 0 Å². The summed E-state index contributed by atoms with van der Waals surface area (Å²) in [6.45, 7) is 3.16. The van der Waals surface area contributed by atoms with E-state index in [0.717, 1.165) is 0 Å². The monoisotopic (exact) mass is 256 g/mol. The SMILES string of the molecule is CC(=O)/C=C(\C)c1cccc(Br)c1F. The second kappa shape index (κ2) is 4.51. The maximum Gasteiger partial charge on any atom is 0.152 e. The highest BCUT2D eigenvalue weighted by molar-refractivity contribution is 9.10. The van der Waals surface area contributed by atoms with Gasteiger partial charge in [0.1, 0.15) is 5.82 Å². The van der Waals surface area contributed by atoms with Crippen LogP contribution in [0, 0.1) is 5.82 Å². The fraction of sp³-hybridized carbons (Fsp3) is 0.182. The Labute approximate surface area is 90.8 Å². The summed E-state index contributed by atoms with van der Waals surface area (Å²) in [6, 6.07) is 5.01. The topological polar surface area (TPSA) is 17.1 Å². The first-order valence-electron chi connectivity index (χ1n) is 4.15. The van der Waals surface area contributed by atoms with Crippen molar-refractivity contribution in [3.63, 3.8) is 0 Å². The van der Waals surface area contributed by atoms with Crippen LogP contribution in [0.4, 0.5) is 4.39 Å². The molecular formula is C11H10BrFO. The van der Waals surface area contributed by atoms with Crippen molar-refractivity contribution in [2.75, 3.05) is 0 Å². The number of hydrogen-bond acceptors (Lipinski definition) is 1. The molecule has 0 saturated heterocycles. The molecule has 1 nitrogen and oxygen atoms in total. The zero-order valence-corrected chi connectivity index (χ0v) is 9.56. The van der Waals surface area contributed by atoms with Gasteiger partial charge in [0.05, 0.1) is 4.47 Å². The third kappa shape index (κ3) is 2.51. The fourth-order valence-electron chi connectivity index (χ4n) is 1.19. The summed E-state index contributed by atoms with van der Waals surface area (Å²) < 4.78 is 13.9. The third-order valence-electron chi connectivity index (χ3n) is 1.80. The van der Waals surface area contributed by atoms with Gasteiger partial charge in [-0.2, -0.15) is 0 Å². The molecule has 0 saturated carbocycles. The summed E-state index contributed by atoms with van der Waals surface area (Å²) in [5, 5.41) is 0. The highest BCUT2D eigenvalue weighted by Crippen LogP contribution is 2.24. The van der Waals surface area contributed by atoms with Crippen molar-refractivity contribution >= 4 is 27.3 Å². The molecule has 1 rings (SSSR count). The van der Waals surface area contributed by atoms with Crippen molar-refractivity contribution < 1.29 is 9.18 Å². The van der Waals surface area contributed by atoms with Gasteiger partial charge in [-0.1, -0.05) is 12.1 Å². The van der Waals surface area contributed by atoms with Crippen LogP contribution in [0.1, 0.15) is 19.4 Å². The molecule has 0 unspecified atom stereocenters. The number of hydrogen-bond donors (Lipinski definition) is 0. The summed E-state index contributed by atoms with van der Waals surface area (Å²) in [4.78, 5) is 10.8. The molecule has 3 heteroatoms. The Kier molecular flexibility index (Phi) is 3.58. The van der Waals surface area contributed by atoms with Gasteiger partial charge >= 0.3 is 0 Å². The predicted octanol–water partition coefficient (Wildman–Crippen LogP) is 3.58. The van der Waals surface area contributed by atoms with Crippen LogP contribution in [0.5, 0.6) is 0 Å². The van der Waals surface area contributed by atoms with Crippen molar-refractivity contribution in [2.45, 2.75) is 13.8 Å². The molecule has 1 aromatic rings. The van der Waals surface area contributed by atoms with E-state index in [-0.39, 0.29) is 11.6 Å². The largest absolute Gasteiger partial charge is 0.295 e. The average Bonchev–Trinajstić information content (AvgIpc) is 2.08. The quantitative estimate of drug-likeness (QED) is 0.740. The van der Waals surface area contributed by atoms with Crippen LogP contribution in [0.2, 0.25) is 0 Å². The molecule has 14 heavy (non-hydrogen) atoms. The highest BCUT2D eigenvalue weighted by atomic mass is 79.9. The number of rotatable bonds is 2. The van der Waals surface area contributed by atoms with Gasteiger partial charge < -0.3 is 0 Å². The van der Waals surface area contributed by atoms with Crippen LogP contribution in [-0.4, -0.2) is 5.78 Å². The summed E-state index contributed by atoms with van der Waals surface area (Å²) in [7, 11) is 0. The lowest BCUT2D eigenvalue weighted by atomic mass is 10.1. The van der Waals surface area contributed by atoms with E-state index < -0.39 is 0 Å². The minimum absolute atomic E-state index is 0.0816. The van der Waals surface area contributed by atoms with Gasteiger partial charge in [-0.25, -0.2) is 4.39 Å². The van der Waals surface area contributed by atoms with E-state index in [9.17, 15) is 9.18 Å². The molecule has 0 N–H and O–H groups in total. The fourth-order valence-corrected chi connectivity index (χ4v) is 1.56. The van der Waals surface area contributed by atoms with Crippen molar-refractivity contribution in [1.82, 2.24) is 0 Å².